The number of benzene rings is 1. The predicted molar refractivity (Wildman–Crippen MR) is 79.0 cm³/mol. The SMILES string of the molecule is COC(=O)c1ccccc1CSc1ncnc2nc[nH]c12. The molecule has 7 heteroatoms. The zero-order valence-corrected chi connectivity index (χ0v) is 12.1. The molecule has 0 fully saturated rings. The molecule has 0 spiro atoms. The van der Waals surface area contributed by atoms with Crippen LogP contribution in [0.2, 0.25) is 0 Å². The Hall–Kier alpha value is -2.41. The highest BCUT2D eigenvalue weighted by molar-refractivity contribution is 7.98. The van der Waals surface area contributed by atoms with Gasteiger partial charge in [-0.2, -0.15) is 0 Å². The number of hydrogen-bond donors (Lipinski definition) is 1. The van der Waals surface area contributed by atoms with Crippen LogP contribution in [0.15, 0.2) is 41.9 Å². The number of nitrogens with one attached hydrogen (secondary N) is 1. The second-order valence-corrected chi connectivity index (χ2v) is 5.18. The number of fused-ring (bicyclic) bond motifs is 1. The number of carbonyl (C=O) groups excluding carboxylic acids is 1. The van der Waals surface area contributed by atoms with Crippen molar-refractivity contribution in [3.05, 3.63) is 48.0 Å². The first kappa shape index (κ1) is 13.6. The lowest BCUT2D eigenvalue weighted by Crippen LogP contribution is -2.04. The van der Waals surface area contributed by atoms with Crippen LogP contribution in [0.3, 0.4) is 0 Å². The fourth-order valence-corrected chi connectivity index (χ4v) is 2.91. The fraction of sp³-hybridized carbons (Fsp3) is 0.143. The number of hydrogen-bond acceptors (Lipinski definition) is 6. The minimum atomic E-state index is -0.333. The molecule has 0 saturated carbocycles. The monoisotopic (exact) mass is 300 g/mol. The Bertz CT molecular complexity index is 787. The Kier molecular flexibility index (Phi) is 3.83. The summed E-state index contributed by atoms with van der Waals surface area (Å²) in [5, 5.41) is 0.803. The Labute approximate surface area is 125 Å². The Morgan fingerprint density at radius 3 is 3.00 bits per heavy atom. The molecule has 3 rings (SSSR count). The van der Waals surface area contributed by atoms with Gasteiger partial charge in [-0.15, -0.1) is 0 Å². The molecule has 0 aliphatic carbocycles. The molecule has 0 bridgehead atoms. The van der Waals surface area contributed by atoms with Gasteiger partial charge in [0.2, 0.25) is 0 Å². The number of imidazole rings is 1. The maximum absolute atomic E-state index is 11.7. The van der Waals surface area contributed by atoms with E-state index in [1.807, 2.05) is 18.2 Å². The number of methoxy groups -OCH3 is 1. The predicted octanol–water partition coefficient (Wildman–Crippen LogP) is 2.43. The van der Waals surface area contributed by atoms with Gasteiger partial charge in [0, 0.05) is 5.75 Å². The van der Waals surface area contributed by atoms with Gasteiger partial charge in [-0.3, -0.25) is 0 Å². The van der Waals surface area contributed by atoms with Crippen molar-refractivity contribution >= 4 is 28.9 Å². The van der Waals surface area contributed by atoms with Crippen molar-refractivity contribution in [2.45, 2.75) is 10.8 Å². The van der Waals surface area contributed by atoms with Gasteiger partial charge >= 0.3 is 5.97 Å². The number of esters is 1. The molecule has 2 heterocycles. The van der Waals surface area contributed by atoms with E-state index in [2.05, 4.69) is 19.9 Å². The minimum absolute atomic E-state index is 0.333. The number of thioether (sulfide) groups is 1. The minimum Gasteiger partial charge on any atom is -0.465 e. The molecule has 106 valence electrons. The summed E-state index contributed by atoms with van der Waals surface area (Å²) in [4.78, 5) is 27.2. The molecule has 0 aliphatic heterocycles. The molecule has 0 amide bonds. The van der Waals surface area contributed by atoms with Crippen LogP contribution in [-0.2, 0) is 10.5 Å². The van der Waals surface area contributed by atoms with Gasteiger partial charge < -0.3 is 9.72 Å². The molecule has 0 aliphatic rings. The van der Waals surface area contributed by atoms with E-state index in [0.717, 1.165) is 16.1 Å². The number of rotatable bonds is 4. The number of aromatic amines is 1. The molecule has 0 atom stereocenters. The number of carbonyl (C=O) groups is 1. The molecule has 2 aromatic heterocycles. The number of aromatic nitrogens is 4. The van der Waals surface area contributed by atoms with Gasteiger partial charge in [-0.25, -0.2) is 19.7 Å². The maximum atomic E-state index is 11.7. The van der Waals surface area contributed by atoms with E-state index < -0.39 is 0 Å². The highest BCUT2D eigenvalue weighted by Gasteiger charge is 2.12. The van der Waals surface area contributed by atoms with Crippen LogP contribution in [0.25, 0.3) is 11.2 Å². The fourth-order valence-electron chi connectivity index (χ4n) is 1.95. The zero-order chi connectivity index (χ0) is 14.7. The summed E-state index contributed by atoms with van der Waals surface area (Å²) >= 11 is 1.52. The molecule has 1 N–H and O–H groups in total. The van der Waals surface area contributed by atoms with E-state index in [1.54, 1.807) is 12.4 Å². The second kappa shape index (κ2) is 5.92. The number of H-pyrrole nitrogens is 1. The van der Waals surface area contributed by atoms with E-state index in [0.29, 0.717) is 17.0 Å². The highest BCUT2D eigenvalue weighted by atomic mass is 32.2. The number of nitrogens with zero attached hydrogens (tertiary/aromatic N) is 3. The van der Waals surface area contributed by atoms with Gasteiger partial charge in [0.25, 0.3) is 0 Å². The average molecular weight is 300 g/mol. The van der Waals surface area contributed by atoms with Gasteiger partial charge in [-0.1, -0.05) is 30.0 Å². The van der Waals surface area contributed by atoms with E-state index in [4.69, 9.17) is 4.74 Å². The van der Waals surface area contributed by atoms with Crippen molar-refractivity contribution in [2.24, 2.45) is 0 Å². The lowest BCUT2D eigenvalue weighted by atomic mass is 10.1. The molecule has 6 nitrogen and oxygen atoms in total. The van der Waals surface area contributed by atoms with Crippen LogP contribution in [0, 0.1) is 0 Å². The summed E-state index contributed by atoms with van der Waals surface area (Å²) in [5.74, 6) is 0.275. The van der Waals surface area contributed by atoms with Crippen LogP contribution >= 0.6 is 11.8 Å². The Morgan fingerprint density at radius 1 is 1.29 bits per heavy atom. The smallest absolute Gasteiger partial charge is 0.338 e. The summed E-state index contributed by atoms with van der Waals surface area (Å²) in [6.07, 6.45) is 3.07. The van der Waals surface area contributed by atoms with Gasteiger partial charge in [0.05, 0.1) is 19.0 Å². The second-order valence-electron chi connectivity index (χ2n) is 4.22. The van der Waals surface area contributed by atoms with Gasteiger partial charge in [-0.05, 0) is 11.6 Å². The normalized spacial score (nSPS) is 10.7. The van der Waals surface area contributed by atoms with E-state index in [-0.39, 0.29) is 5.97 Å². The van der Waals surface area contributed by atoms with Crippen LogP contribution in [0.1, 0.15) is 15.9 Å². The lowest BCUT2D eigenvalue weighted by Gasteiger charge is -2.07. The largest absolute Gasteiger partial charge is 0.465 e. The third-order valence-electron chi connectivity index (χ3n) is 2.98. The lowest BCUT2D eigenvalue weighted by molar-refractivity contribution is 0.0600. The topological polar surface area (TPSA) is 80.8 Å². The third kappa shape index (κ3) is 2.73. The van der Waals surface area contributed by atoms with Crippen LogP contribution < -0.4 is 0 Å². The zero-order valence-electron chi connectivity index (χ0n) is 11.2. The van der Waals surface area contributed by atoms with Gasteiger partial charge in [0.1, 0.15) is 16.9 Å². The molecule has 1 aromatic carbocycles. The first-order chi connectivity index (χ1) is 10.3. The van der Waals surface area contributed by atoms with Crippen molar-refractivity contribution in [1.29, 1.82) is 0 Å². The quantitative estimate of drug-likeness (QED) is 0.453. The Morgan fingerprint density at radius 2 is 2.14 bits per heavy atom. The van der Waals surface area contributed by atoms with Crippen molar-refractivity contribution in [2.75, 3.05) is 7.11 Å². The first-order valence-electron chi connectivity index (χ1n) is 6.22. The van der Waals surface area contributed by atoms with Crippen molar-refractivity contribution in [1.82, 2.24) is 19.9 Å². The summed E-state index contributed by atoms with van der Waals surface area (Å²) < 4.78 is 4.80. The molecule has 0 radical (unpaired) electrons. The van der Waals surface area contributed by atoms with Crippen molar-refractivity contribution in [3.63, 3.8) is 0 Å². The Balaban J connectivity index is 1.85. The summed E-state index contributed by atoms with van der Waals surface area (Å²) in [5.41, 5.74) is 2.91. The molecule has 21 heavy (non-hydrogen) atoms. The summed E-state index contributed by atoms with van der Waals surface area (Å²) in [7, 11) is 1.38. The van der Waals surface area contributed by atoms with E-state index in [1.165, 1.54) is 25.2 Å². The average Bonchev–Trinajstić information content (AvgIpc) is 3.01. The van der Waals surface area contributed by atoms with Crippen molar-refractivity contribution < 1.29 is 9.53 Å². The summed E-state index contributed by atoms with van der Waals surface area (Å²) in [6.45, 7) is 0. The van der Waals surface area contributed by atoms with Crippen LogP contribution in [-0.4, -0.2) is 33.0 Å². The first-order valence-corrected chi connectivity index (χ1v) is 7.21. The standard InChI is InChI=1S/C14H12N4O2S/c1-20-14(19)10-5-3-2-4-9(10)6-21-13-11-12(16-7-15-11)17-8-18-13/h2-5,7-8H,6H2,1H3,(H,15,16,17,18). The maximum Gasteiger partial charge on any atom is 0.338 e. The van der Waals surface area contributed by atoms with E-state index >= 15 is 0 Å². The summed E-state index contributed by atoms with van der Waals surface area (Å²) in [6, 6.07) is 7.38. The van der Waals surface area contributed by atoms with E-state index in [9.17, 15) is 4.79 Å². The van der Waals surface area contributed by atoms with Crippen LogP contribution in [0.4, 0.5) is 0 Å². The molecule has 0 unspecified atom stereocenters. The van der Waals surface area contributed by atoms with Crippen LogP contribution in [0.5, 0.6) is 0 Å². The third-order valence-corrected chi connectivity index (χ3v) is 4.01. The van der Waals surface area contributed by atoms with Gasteiger partial charge in [0.15, 0.2) is 5.65 Å². The molecule has 0 saturated heterocycles. The van der Waals surface area contributed by atoms with Crippen molar-refractivity contribution in [3.8, 4) is 0 Å². The molecular weight excluding hydrogens is 288 g/mol. The molecule has 3 aromatic rings. The number of ether oxygens (including phenoxy) is 1. The highest BCUT2D eigenvalue weighted by Crippen LogP contribution is 2.26. The molecular formula is C14H12N4O2S.